The lowest BCUT2D eigenvalue weighted by atomic mass is 10.0. The monoisotopic (exact) mass is 215 g/mol. The van der Waals surface area contributed by atoms with Crippen LogP contribution in [0, 0.1) is 5.92 Å². The Balaban J connectivity index is 2.40. The lowest BCUT2D eigenvalue weighted by molar-refractivity contribution is -0.127. The van der Waals surface area contributed by atoms with Crippen molar-refractivity contribution in [3.8, 4) is 0 Å². The zero-order valence-electron chi connectivity index (χ0n) is 8.76. The predicted octanol–water partition coefficient (Wildman–Crippen LogP) is 2.43. The van der Waals surface area contributed by atoms with Gasteiger partial charge in [0.05, 0.1) is 0 Å². The van der Waals surface area contributed by atoms with Gasteiger partial charge in [0, 0.05) is 25.4 Å². The first-order chi connectivity index (χ1) is 6.67. The normalized spacial score (nSPS) is 21.7. The third kappa shape index (κ3) is 3.02. The van der Waals surface area contributed by atoms with Crippen LogP contribution in [0.3, 0.4) is 0 Å². The molecule has 0 aromatic heterocycles. The number of halogens is 1. The Morgan fingerprint density at radius 3 is 3.00 bits per heavy atom. The highest BCUT2D eigenvalue weighted by Crippen LogP contribution is 2.22. The average Bonchev–Trinajstić information content (AvgIpc) is 2.47. The van der Waals surface area contributed by atoms with E-state index in [4.69, 9.17) is 11.6 Å². The molecule has 0 bridgehead atoms. The number of alkyl halides is 1. The molecule has 1 aliphatic heterocycles. The van der Waals surface area contributed by atoms with Crippen molar-refractivity contribution >= 4 is 17.5 Å². The maximum atomic E-state index is 11.6. The van der Waals surface area contributed by atoms with Crippen LogP contribution in [0.5, 0.6) is 0 Å². The van der Waals surface area contributed by atoms with Crippen molar-refractivity contribution in [2.24, 2.45) is 5.92 Å². The Kier molecular flexibility index (Phi) is 4.46. The van der Waals surface area contributed by atoms with E-state index in [1.165, 1.54) is 0 Å². The number of nitrogens with zero attached hydrogens (tertiary/aromatic N) is 1. The third-order valence-electron chi connectivity index (χ3n) is 2.59. The molecule has 2 nitrogen and oxygen atoms in total. The van der Waals surface area contributed by atoms with Gasteiger partial charge in [0.25, 0.3) is 0 Å². The van der Waals surface area contributed by atoms with E-state index in [1.54, 1.807) is 0 Å². The molecule has 1 fully saturated rings. The second-order valence-electron chi connectivity index (χ2n) is 4.02. The smallest absolute Gasteiger partial charge is 0.223 e. The Hall–Kier alpha value is -0.500. The molecule has 1 rings (SSSR count). The van der Waals surface area contributed by atoms with E-state index in [2.05, 4.69) is 13.5 Å². The van der Waals surface area contributed by atoms with Crippen molar-refractivity contribution in [1.29, 1.82) is 0 Å². The molecular weight excluding hydrogens is 198 g/mol. The number of rotatable bonds is 5. The van der Waals surface area contributed by atoms with Gasteiger partial charge in [-0.25, -0.2) is 0 Å². The first kappa shape index (κ1) is 11.6. The van der Waals surface area contributed by atoms with E-state index < -0.39 is 0 Å². The number of carbonyl (C=O) groups excluding carboxylic acids is 1. The topological polar surface area (TPSA) is 20.3 Å². The summed E-state index contributed by atoms with van der Waals surface area (Å²) in [6.45, 7) is 7.51. The van der Waals surface area contributed by atoms with Crippen LogP contribution in [0.15, 0.2) is 12.2 Å². The highest BCUT2D eigenvalue weighted by Gasteiger charge is 2.28. The van der Waals surface area contributed by atoms with Gasteiger partial charge in [0.2, 0.25) is 5.91 Å². The van der Waals surface area contributed by atoms with Crippen molar-refractivity contribution < 1.29 is 4.79 Å². The molecule has 0 aliphatic carbocycles. The highest BCUT2D eigenvalue weighted by atomic mass is 35.5. The summed E-state index contributed by atoms with van der Waals surface area (Å²) < 4.78 is 0. The minimum Gasteiger partial charge on any atom is -0.338 e. The fraction of sp³-hybridized carbons (Fsp3) is 0.727. The maximum Gasteiger partial charge on any atom is 0.223 e. The molecule has 3 heteroatoms. The molecule has 0 radical (unpaired) electrons. The van der Waals surface area contributed by atoms with Gasteiger partial charge in [-0.2, -0.15) is 0 Å². The summed E-state index contributed by atoms with van der Waals surface area (Å²) in [7, 11) is 0. The molecule has 1 saturated heterocycles. The number of likely N-dealkylation sites (tertiary alicyclic amines) is 1. The summed E-state index contributed by atoms with van der Waals surface area (Å²) in [6, 6.07) is 0. The van der Waals surface area contributed by atoms with Crippen LogP contribution < -0.4 is 0 Å². The summed E-state index contributed by atoms with van der Waals surface area (Å²) in [6.07, 6.45) is 3.02. The SMILES string of the molecule is C=C(CCl)CN1CC(CCC)CC1=O. The van der Waals surface area contributed by atoms with Crippen LogP contribution in [0.2, 0.25) is 0 Å². The minimum atomic E-state index is 0.259. The van der Waals surface area contributed by atoms with E-state index in [0.29, 0.717) is 24.8 Å². The van der Waals surface area contributed by atoms with Crippen LogP contribution in [-0.4, -0.2) is 29.8 Å². The second kappa shape index (κ2) is 5.40. The molecule has 0 aromatic carbocycles. The summed E-state index contributed by atoms with van der Waals surface area (Å²) in [5.41, 5.74) is 0.928. The van der Waals surface area contributed by atoms with E-state index >= 15 is 0 Å². The van der Waals surface area contributed by atoms with Gasteiger partial charge >= 0.3 is 0 Å². The fourth-order valence-electron chi connectivity index (χ4n) is 1.92. The second-order valence-corrected chi connectivity index (χ2v) is 4.28. The summed E-state index contributed by atoms with van der Waals surface area (Å²) in [4.78, 5) is 13.4. The van der Waals surface area contributed by atoms with Crippen molar-refractivity contribution in [3.63, 3.8) is 0 Å². The van der Waals surface area contributed by atoms with Gasteiger partial charge in [-0.15, -0.1) is 11.6 Å². The number of amides is 1. The molecule has 1 unspecified atom stereocenters. The molecule has 1 heterocycles. The van der Waals surface area contributed by atoms with Gasteiger partial charge in [-0.05, 0) is 17.9 Å². The van der Waals surface area contributed by atoms with Gasteiger partial charge in [-0.3, -0.25) is 4.79 Å². The quantitative estimate of drug-likeness (QED) is 0.510. The lowest BCUT2D eigenvalue weighted by Crippen LogP contribution is -2.27. The van der Waals surface area contributed by atoms with Gasteiger partial charge in [0.1, 0.15) is 0 Å². The molecule has 0 spiro atoms. The zero-order valence-corrected chi connectivity index (χ0v) is 9.52. The van der Waals surface area contributed by atoms with E-state index in [0.717, 1.165) is 25.0 Å². The minimum absolute atomic E-state index is 0.259. The highest BCUT2D eigenvalue weighted by molar-refractivity contribution is 6.19. The Morgan fingerprint density at radius 1 is 1.71 bits per heavy atom. The fourth-order valence-corrected chi connectivity index (χ4v) is 2.01. The molecule has 1 atom stereocenters. The number of carbonyl (C=O) groups is 1. The molecule has 1 aliphatic rings. The van der Waals surface area contributed by atoms with E-state index in [9.17, 15) is 4.79 Å². The zero-order chi connectivity index (χ0) is 10.6. The summed E-state index contributed by atoms with van der Waals surface area (Å²) >= 11 is 5.64. The van der Waals surface area contributed by atoms with E-state index in [-0.39, 0.29) is 5.91 Å². The summed E-state index contributed by atoms with van der Waals surface area (Å²) in [5, 5.41) is 0. The standard InChI is InChI=1S/C11H18ClNO/c1-3-4-10-5-11(14)13(8-10)7-9(2)6-12/h10H,2-8H2,1H3. The van der Waals surface area contributed by atoms with Gasteiger partial charge in [-0.1, -0.05) is 19.9 Å². The molecule has 0 N–H and O–H groups in total. The Labute approximate surface area is 90.9 Å². The van der Waals surface area contributed by atoms with Crippen molar-refractivity contribution in [1.82, 2.24) is 4.90 Å². The van der Waals surface area contributed by atoms with E-state index in [1.807, 2.05) is 4.90 Å². The lowest BCUT2D eigenvalue weighted by Gasteiger charge is -2.16. The number of hydrogen-bond donors (Lipinski definition) is 0. The van der Waals surface area contributed by atoms with Gasteiger partial charge < -0.3 is 4.90 Å². The number of hydrogen-bond acceptors (Lipinski definition) is 1. The first-order valence-electron chi connectivity index (χ1n) is 5.17. The van der Waals surface area contributed by atoms with Crippen molar-refractivity contribution in [2.75, 3.05) is 19.0 Å². The van der Waals surface area contributed by atoms with Crippen LogP contribution in [0.4, 0.5) is 0 Å². The van der Waals surface area contributed by atoms with Crippen LogP contribution in [0.1, 0.15) is 26.2 Å². The van der Waals surface area contributed by atoms with Crippen LogP contribution in [0.25, 0.3) is 0 Å². The average molecular weight is 216 g/mol. The molecule has 14 heavy (non-hydrogen) atoms. The molecule has 1 amide bonds. The van der Waals surface area contributed by atoms with Crippen LogP contribution >= 0.6 is 11.6 Å². The van der Waals surface area contributed by atoms with Crippen molar-refractivity contribution in [2.45, 2.75) is 26.2 Å². The Morgan fingerprint density at radius 2 is 2.43 bits per heavy atom. The predicted molar refractivity (Wildman–Crippen MR) is 59.5 cm³/mol. The molecule has 0 aromatic rings. The van der Waals surface area contributed by atoms with Gasteiger partial charge in [0.15, 0.2) is 0 Å². The maximum absolute atomic E-state index is 11.6. The molecule has 0 saturated carbocycles. The summed E-state index contributed by atoms with van der Waals surface area (Å²) in [5.74, 6) is 1.26. The third-order valence-corrected chi connectivity index (χ3v) is 2.97. The van der Waals surface area contributed by atoms with Crippen molar-refractivity contribution in [3.05, 3.63) is 12.2 Å². The van der Waals surface area contributed by atoms with Crippen LogP contribution in [-0.2, 0) is 4.79 Å². The largest absolute Gasteiger partial charge is 0.338 e. The Bertz CT molecular complexity index is 227. The first-order valence-corrected chi connectivity index (χ1v) is 5.71. The molecule has 80 valence electrons. The molecular formula is C11H18ClNO.